The number of ether oxygens (including phenoxy) is 1. The molecule has 0 radical (unpaired) electrons. The second-order valence-corrected chi connectivity index (χ2v) is 6.33. The van der Waals surface area contributed by atoms with E-state index in [9.17, 15) is 0 Å². The molecular formula is C16H25ClN2O. The van der Waals surface area contributed by atoms with E-state index in [-0.39, 0.29) is 12.1 Å². The Kier molecular flexibility index (Phi) is 5.44. The second kappa shape index (κ2) is 6.90. The molecule has 20 heavy (non-hydrogen) atoms. The summed E-state index contributed by atoms with van der Waals surface area (Å²) in [5.41, 5.74) is 2.54. The van der Waals surface area contributed by atoms with Crippen LogP contribution in [0.4, 0.5) is 0 Å². The van der Waals surface area contributed by atoms with Crippen molar-refractivity contribution in [2.45, 2.75) is 39.0 Å². The molecule has 0 aromatic heterocycles. The highest BCUT2D eigenvalue weighted by Gasteiger charge is 2.32. The van der Waals surface area contributed by atoms with Gasteiger partial charge in [-0.25, -0.2) is 0 Å². The van der Waals surface area contributed by atoms with Crippen molar-refractivity contribution in [2.24, 2.45) is 0 Å². The molecule has 1 aromatic carbocycles. The van der Waals surface area contributed by atoms with E-state index in [1.165, 1.54) is 11.1 Å². The Morgan fingerprint density at radius 2 is 2.20 bits per heavy atom. The third-order valence-electron chi connectivity index (χ3n) is 3.88. The molecule has 0 aliphatic carbocycles. The number of rotatable bonds is 4. The molecule has 1 aromatic rings. The van der Waals surface area contributed by atoms with E-state index in [0.29, 0.717) is 6.04 Å². The number of nitrogens with zero attached hydrogens (tertiary/aromatic N) is 1. The van der Waals surface area contributed by atoms with Gasteiger partial charge in [-0.1, -0.05) is 31.5 Å². The number of hydrogen-bond donors (Lipinski definition) is 1. The van der Waals surface area contributed by atoms with Gasteiger partial charge >= 0.3 is 0 Å². The molecular weight excluding hydrogens is 272 g/mol. The number of aryl methyl sites for hydroxylation is 1. The number of nitrogens with one attached hydrogen (secondary N) is 1. The van der Waals surface area contributed by atoms with Crippen LogP contribution >= 0.6 is 11.6 Å². The second-order valence-electron chi connectivity index (χ2n) is 5.90. The molecule has 0 amide bonds. The van der Waals surface area contributed by atoms with Crippen molar-refractivity contribution in [1.29, 1.82) is 0 Å². The van der Waals surface area contributed by atoms with Crippen LogP contribution in [0.25, 0.3) is 0 Å². The molecule has 2 atom stereocenters. The van der Waals surface area contributed by atoms with E-state index in [2.05, 4.69) is 44.1 Å². The summed E-state index contributed by atoms with van der Waals surface area (Å²) < 4.78 is 6.01. The lowest BCUT2D eigenvalue weighted by atomic mass is 9.94. The first-order valence-electron chi connectivity index (χ1n) is 7.30. The van der Waals surface area contributed by atoms with Crippen LogP contribution in [0.1, 0.15) is 31.0 Å². The molecule has 2 rings (SSSR count). The van der Waals surface area contributed by atoms with Gasteiger partial charge in [0.25, 0.3) is 0 Å². The van der Waals surface area contributed by atoms with Crippen LogP contribution in [0.3, 0.4) is 0 Å². The van der Waals surface area contributed by atoms with Crippen LogP contribution in [0.2, 0.25) is 5.02 Å². The van der Waals surface area contributed by atoms with Crippen LogP contribution in [-0.2, 0) is 4.74 Å². The standard InChI is InChI=1S/C16H25ClN2O/c1-11(2)18-10-15-16(19(4)7-8-20-15)14-6-5-13(17)9-12(14)3/h5-6,9,11,15-16,18H,7-8,10H2,1-4H3. The number of morpholine rings is 1. The van der Waals surface area contributed by atoms with Gasteiger partial charge in [0.15, 0.2) is 0 Å². The van der Waals surface area contributed by atoms with Gasteiger partial charge < -0.3 is 10.1 Å². The predicted octanol–water partition coefficient (Wildman–Crippen LogP) is 3.02. The van der Waals surface area contributed by atoms with Crippen LogP contribution < -0.4 is 5.32 Å². The highest BCUT2D eigenvalue weighted by Crippen LogP contribution is 2.31. The number of hydrogen-bond acceptors (Lipinski definition) is 3. The van der Waals surface area contributed by atoms with Crippen LogP contribution in [0.15, 0.2) is 18.2 Å². The van der Waals surface area contributed by atoms with E-state index < -0.39 is 0 Å². The first kappa shape index (κ1) is 15.8. The van der Waals surface area contributed by atoms with Gasteiger partial charge in [-0.05, 0) is 37.2 Å². The average Bonchev–Trinajstić information content (AvgIpc) is 2.37. The molecule has 0 bridgehead atoms. The Bertz CT molecular complexity index is 450. The minimum atomic E-state index is 0.177. The Hall–Kier alpha value is -0.610. The fraction of sp³-hybridized carbons (Fsp3) is 0.625. The zero-order chi connectivity index (χ0) is 14.7. The number of benzene rings is 1. The van der Waals surface area contributed by atoms with Crippen LogP contribution in [-0.4, -0.2) is 43.8 Å². The predicted molar refractivity (Wildman–Crippen MR) is 84.4 cm³/mol. The lowest BCUT2D eigenvalue weighted by Gasteiger charge is -2.40. The van der Waals surface area contributed by atoms with Gasteiger partial charge in [-0.3, -0.25) is 4.90 Å². The monoisotopic (exact) mass is 296 g/mol. The van der Waals surface area contributed by atoms with Gasteiger partial charge in [0.2, 0.25) is 0 Å². The van der Waals surface area contributed by atoms with Crippen LogP contribution in [0.5, 0.6) is 0 Å². The van der Waals surface area contributed by atoms with Crippen molar-refractivity contribution < 1.29 is 4.74 Å². The molecule has 1 fully saturated rings. The van der Waals surface area contributed by atoms with Crippen molar-refractivity contribution >= 4 is 11.6 Å². The van der Waals surface area contributed by atoms with Gasteiger partial charge in [-0.2, -0.15) is 0 Å². The smallest absolute Gasteiger partial charge is 0.0896 e. The topological polar surface area (TPSA) is 24.5 Å². The van der Waals surface area contributed by atoms with Crippen molar-refractivity contribution in [2.75, 3.05) is 26.7 Å². The third-order valence-corrected chi connectivity index (χ3v) is 4.12. The summed E-state index contributed by atoms with van der Waals surface area (Å²) in [6, 6.07) is 6.89. The molecule has 112 valence electrons. The van der Waals surface area contributed by atoms with Crippen molar-refractivity contribution in [3.8, 4) is 0 Å². The summed E-state index contributed by atoms with van der Waals surface area (Å²) in [6.45, 7) is 9.07. The lowest BCUT2D eigenvalue weighted by Crippen LogP contribution is -2.48. The Labute approximate surface area is 127 Å². The maximum Gasteiger partial charge on any atom is 0.0896 e. The molecule has 1 aliphatic rings. The summed E-state index contributed by atoms with van der Waals surface area (Å²) in [5, 5.41) is 4.28. The maximum atomic E-state index is 6.07. The third kappa shape index (κ3) is 3.73. The molecule has 1 N–H and O–H groups in total. The van der Waals surface area contributed by atoms with Crippen LogP contribution in [0, 0.1) is 6.92 Å². The summed E-state index contributed by atoms with van der Waals surface area (Å²) in [4.78, 5) is 2.38. The fourth-order valence-corrected chi connectivity index (χ4v) is 3.02. The molecule has 1 aliphatic heterocycles. The highest BCUT2D eigenvalue weighted by molar-refractivity contribution is 6.30. The molecule has 1 saturated heterocycles. The summed E-state index contributed by atoms with van der Waals surface area (Å²) >= 11 is 6.07. The minimum absolute atomic E-state index is 0.177. The van der Waals surface area contributed by atoms with E-state index in [4.69, 9.17) is 16.3 Å². The Morgan fingerprint density at radius 3 is 2.85 bits per heavy atom. The average molecular weight is 297 g/mol. The van der Waals surface area contributed by atoms with E-state index in [0.717, 1.165) is 24.7 Å². The SMILES string of the molecule is Cc1cc(Cl)ccc1C1C(CNC(C)C)OCCN1C. The molecule has 3 nitrogen and oxygen atoms in total. The van der Waals surface area contributed by atoms with E-state index in [1.54, 1.807) is 0 Å². The van der Waals surface area contributed by atoms with E-state index >= 15 is 0 Å². The summed E-state index contributed by atoms with van der Waals surface area (Å²) in [7, 11) is 2.17. The first-order valence-corrected chi connectivity index (χ1v) is 7.68. The molecule has 0 spiro atoms. The first-order chi connectivity index (χ1) is 9.49. The zero-order valence-electron chi connectivity index (χ0n) is 12.8. The molecule has 2 unspecified atom stereocenters. The Balaban J connectivity index is 2.22. The molecule has 1 heterocycles. The van der Waals surface area contributed by atoms with Crippen molar-refractivity contribution in [3.63, 3.8) is 0 Å². The summed E-state index contributed by atoms with van der Waals surface area (Å²) in [5.74, 6) is 0. The van der Waals surface area contributed by atoms with Gasteiger partial charge in [0.1, 0.15) is 0 Å². The normalized spacial score (nSPS) is 24.3. The zero-order valence-corrected chi connectivity index (χ0v) is 13.6. The number of halogens is 1. The highest BCUT2D eigenvalue weighted by atomic mass is 35.5. The number of likely N-dealkylation sites (N-methyl/N-ethyl adjacent to an activating group) is 1. The summed E-state index contributed by atoms with van der Waals surface area (Å²) in [6.07, 6.45) is 0.177. The Morgan fingerprint density at radius 1 is 1.45 bits per heavy atom. The minimum Gasteiger partial charge on any atom is -0.374 e. The maximum absolute atomic E-state index is 6.07. The van der Waals surface area contributed by atoms with Gasteiger partial charge in [0.05, 0.1) is 18.8 Å². The largest absolute Gasteiger partial charge is 0.374 e. The lowest BCUT2D eigenvalue weighted by molar-refractivity contribution is -0.0622. The van der Waals surface area contributed by atoms with Crippen molar-refractivity contribution in [1.82, 2.24) is 10.2 Å². The van der Waals surface area contributed by atoms with Crippen molar-refractivity contribution in [3.05, 3.63) is 34.3 Å². The quantitative estimate of drug-likeness (QED) is 0.924. The van der Waals surface area contributed by atoms with Gasteiger partial charge in [0, 0.05) is 24.2 Å². The molecule has 0 saturated carbocycles. The fourth-order valence-electron chi connectivity index (χ4n) is 2.79. The molecule has 4 heteroatoms. The van der Waals surface area contributed by atoms with E-state index in [1.807, 2.05) is 12.1 Å². The van der Waals surface area contributed by atoms with Gasteiger partial charge in [-0.15, -0.1) is 0 Å².